The van der Waals surface area contributed by atoms with Crippen LogP contribution in [-0.2, 0) is 33.3 Å². The van der Waals surface area contributed by atoms with Crippen molar-refractivity contribution in [2.75, 3.05) is 0 Å². The molecule has 0 spiro atoms. The van der Waals surface area contributed by atoms with Crippen LogP contribution in [0.2, 0.25) is 0 Å². The predicted octanol–water partition coefficient (Wildman–Crippen LogP) is 14.1. The number of hydrogen-bond acceptors (Lipinski definition) is 10. The summed E-state index contributed by atoms with van der Waals surface area (Å²) in [4.78, 5) is 31.5. The Bertz CT molecular complexity index is 2160. The Kier molecular flexibility index (Phi) is 15.8. The predicted molar refractivity (Wildman–Crippen MR) is 300 cm³/mol. The third-order valence-corrected chi connectivity index (χ3v) is 27.1. The molecule has 8 saturated carbocycles. The molecule has 0 bridgehead atoms. The van der Waals surface area contributed by atoms with E-state index in [0.29, 0.717) is 62.1 Å². The highest BCUT2D eigenvalue weighted by Crippen LogP contribution is 2.78. The van der Waals surface area contributed by atoms with Gasteiger partial charge in [0.15, 0.2) is 0 Å². The summed E-state index contributed by atoms with van der Waals surface area (Å²) in [6.45, 7) is 41.6. The Labute approximate surface area is 462 Å². The maximum atomic E-state index is 11.9. The molecule has 10 nitrogen and oxygen atoms in total. The molecule has 3 N–H and O–H groups in total. The van der Waals surface area contributed by atoms with Crippen LogP contribution < -0.4 is 0 Å². The Hall–Kier alpha value is -1.59. The SMILES string of the molecule is CC(=O)OC(C)=O.CC(=O)OC1CC[C@@]2(C)C(CC[C@]3(C)C2CCC2[C@@H]([C@@]4(C)CC[C@@H](C(C)(C)O)O4)CC[C@]23C)C1(C)C.CC1(C)C(O)CC[C@@]2(C)C1CC[C@]1(C)C2CCC2[C@@H]([C@@]3(C)CC[C@@H](C(C)(C)O)O3)CC[C@]21C. The average molecular weight is 1070 g/mol. The number of fused-ring (bicyclic) bond motifs is 10. The second kappa shape index (κ2) is 19.8. The minimum Gasteiger partial charge on any atom is -0.462 e. The van der Waals surface area contributed by atoms with E-state index in [9.17, 15) is 29.7 Å². The van der Waals surface area contributed by atoms with Crippen LogP contribution in [0.5, 0.6) is 0 Å². The summed E-state index contributed by atoms with van der Waals surface area (Å²) in [6.07, 6.45) is 23.9. The number of aliphatic hydroxyl groups excluding tert-OH is 1. The molecule has 8 aliphatic carbocycles. The van der Waals surface area contributed by atoms with E-state index in [4.69, 9.17) is 14.2 Å². The minimum atomic E-state index is -0.770. The number of rotatable bonds is 5. The van der Waals surface area contributed by atoms with E-state index in [1.54, 1.807) is 6.92 Å². The zero-order chi connectivity index (χ0) is 56.6. The van der Waals surface area contributed by atoms with E-state index >= 15 is 0 Å². The molecule has 0 aromatic heterocycles. The van der Waals surface area contributed by atoms with Crippen molar-refractivity contribution in [1.29, 1.82) is 0 Å². The largest absolute Gasteiger partial charge is 0.462 e. The zero-order valence-corrected chi connectivity index (χ0v) is 51.8. The first-order valence-electron chi connectivity index (χ1n) is 31.1. The first kappa shape index (κ1) is 60.5. The van der Waals surface area contributed by atoms with E-state index in [1.807, 2.05) is 27.7 Å². The number of ether oxygens (including phenoxy) is 4. The van der Waals surface area contributed by atoms with Gasteiger partial charge in [0.25, 0.3) is 0 Å². The molecule has 10 fully saturated rings. The van der Waals surface area contributed by atoms with Crippen molar-refractivity contribution in [3.8, 4) is 0 Å². The van der Waals surface area contributed by atoms with Gasteiger partial charge in [-0.1, -0.05) is 69.2 Å². The van der Waals surface area contributed by atoms with E-state index in [2.05, 4.69) is 87.8 Å². The third-order valence-electron chi connectivity index (χ3n) is 27.1. The van der Waals surface area contributed by atoms with Gasteiger partial charge in [0.1, 0.15) is 6.10 Å². The number of carbonyl (C=O) groups is 3. The molecular weight excluding hydrogens is 953 g/mol. The number of carbonyl (C=O) groups excluding carboxylic acids is 3. The van der Waals surface area contributed by atoms with Gasteiger partial charge in [0, 0.05) is 26.2 Å². The smallest absolute Gasteiger partial charge is 0.310 e. The minimum absolute atomic E-state index is 0.0211. The van der Waals surface area contributed by atoms with Gasteiger partial charge in [0.05, 0.1) is 40.7 Å². The molecule has 0 radical (unpaired) electrons. The standard InChI is InChI=1S/C32H54O4.C30H52O3.C4H6O3/c1-20(33)35-25-14-16-29(6)23(27(25,2)3)13-18-31(8)24(29)11-10-21-22(12-17-30(21,31)7)32(9)19-15-26(36-32)28(4,5)34;1-25(2)21-12-17-29(7)22(27(21,5)15-13-23(25)31)10-9-19-20(11-16-28(19,29)6)30(8)18-14-24(33-30)26(3,4)32;1-3(5)7-4(2)6/h21-26,34H,10-19H2,1-9H3;19-24,31-32H,9-18H2,1-8H3;1-2H3/t21?,22-,23?,24?,25?,26-,29-,30+,31+,32+;19?,20-,21?,22?,23?,24-,27-,28+,29+,30+;/m00./s1. The quantitative estimate of drug-likeness (QED) is 0.179. The summed E-state index contributed by atoms with van der Waals surface area (Å²) in [5, 5.41) is 32.2. The van der Waals surface area contributed by atoms with E-state index < -0.39 is 23.1 Å². The molecule has 436 valence electrons. The van der Waals surface area contributed by atoms with Gasteiger partial charge >= 0.3 is 17.9 Å². The molecule has 0 aromatic rings. The lowest BCUT2D eigenvalue weighted by Crippen LogP contribution is -2.64. The van der Waals surface area contributed by atoms with Gasteiger partial charge in [-0.15, -0.1) is 0 Å². The first-order chi connectivity index (χ1) is 34.7. The lowest BCUT2D eigenvalue weighted by molar-refractivity contribution is -0.231. The molecule has 0 aromatic carbocycles. The number of hydrogen-bond donors (Lipinski definition) is 3. The lowest BCUT2D eigenvalue weighted by Gasteiger charge is -2.70. The highest BCUT2D eigenvalue weighted by Gasteiger charge is 2.72. The highest BCUT2D eigenvalue weighted by atomic mass is 16.6. The van der Waals surface area contributed by atoms with E-state index in [-0.39, 0.29) is 52.4 Å². The third kappa shape index (κ3) is 9.57. The maximum Gasteiger partial charge on any atom is 0.310 e. The number of aliphatic hydroxyl groups is 3. The molecule has 20 atom stereocenters. The summed E-state index contributed by atoms with van der Waals surface area (Å²) in [5.74, 6) is 4.10. The van der Waals surface area contributed by atoms with Crippen LogP contribution in [0, 0.1) is 90.7 Å². The topological polar surface area (TPSA) is 149 Å². The van der Waals surface area contributed by atoms with Crippen LogP contribution in [-0.4, -0.2) is 80.0 Å². The van der Waals surface area contributed by atoms with E-state index in [1.165, 1.54) is 104 Å². The molecule has 2 aliphatic heterocycles. The average Bonchev–Trinajstić information content (AvgIpc) is 4.08. The first-order valence-corrected chi connectivity index (χ1v) is 31.1. The molecule has 10 heteroatoms. The van der Waals surface area contributed by atoms with Crippen molar-refractivity contribution >= 4 is 17.9 Å². The van der Waals surface area contributed by atoms with Gasteiger partial charge in [-0.2, -0.15) is 0 Å². The highest BCUT2D eigenvalue weighted by molar-refractivity contribution is 5.82. The maximum absolute atomic E-state index is 11.9. The van der Waals surface area contributed by atoms with E-state index in [0.717, 1.165) is 56.3 Å². The van der Waals surface area contributed by atoms with Crippen molar-refractivity contribution in [1.82, 2.24) is 0 Å². The summed E-state index contributed by atoms with van der Waals surface area (Å²) >= 11 is 0. The molecule has 8 unspecified atom stereocenters. The molecule has 0 amide bonds. The Morgan fingerprint density at radius 2 is 0.803 bits per heavy atom. The van der Waals surface area contributed by atoms with Crippen molar-refractivity contribution in [2.45, 2.75) is 307 Å². The van der Waals surface area contributed by atoms with Crippen LogP contribution in [0.25, 0.3) is 0 Å². The molecule has 2 heterocycles. The summed E-state index contributed by atoms with van der Waals surface area (Å²) < 4.78 is 23.3. The molecular formula is C66H112O10. The van der Waals surface area contributed by atoms with Crippen molar-refractivity contribution < 1.29 is 48.7 Å². The molecule has 10 aliphatic rings. The Morgan fingerprint density at radius 3 is 1.16 bits per heavy atom. The Balaban J connectivity index is 0.000000180. The summed E-state index contributed by atoms with van der Waals surface area (Å²) in [5.41, 5.74) is 0.399. The second-order valence-electron chi connectivity index (χ2n) is 32.3. The van der Waals surface area contributed by atoms with Gasteiger partial charge < -0.3 is 34.3 Å². The summed E-state index contributed by atoms with van der Waals surface area (Å²) in [7, 11) is 0. The van der Waals surface area contributed by atoms with Crippen LogP contribution >= 0.6 is 0 Å². The van der Waals surface area contributed by atoms with Crippen LogP contribution in [0.4, 0.5) is 0 Å². The van der Waals surface area contributed by atoms with Crippen LogP contribution in [0.15, 0.2) is 0 Å². The Morgan fingerprint density at radius 1 is 0.421 bits per heavy atom. The normalized spacial score (nSPS) is 49.9. The fraction of sp³-hybridized carbons (Fsp3) is 0.955. The monoisotopic (exact) mass is 1060 g/mol. The lowest BCUT2D eigenvalue weighted by atomic mass is 9.35. The molecule has 2 saturated heterocycles. The van der Waals surface area contributed by atoms with Gasteiger partial charge in [-0.3, -0.25) is 14.4 Å². The fourth-order valence-electron chi connectivity index (χ4n) is 22.8. The molecule has 76 heavy (non-hydrogen) atoms. The van der Waals surface area contributed by atoms with Crippen molar-refractivity contribution in [2.24, 2.45) is 90.7 Å². The zero-order valence-electron chi connectivity index (χ0n) is 51.8. The van der Waals surface area contributed by atoms with Gasteiger partial charge in [-0.05, 0) is 255 Å². The second-order valence-corrected chi connectivity index (χ2v) is 32.3. The van der Waals surface area contributed by atoms with Crippen molar-refractivity contribution in [3.63, 3.8) is 0 Å². The fourth-order valence-corrected chi connectivity index (χ4v) is 22.8. The van der Waals surface area contributed by atoms with Gasteiger partial charge in [-0.25, -0.2) is 0 Å². The van der Waals surface area contributed by atoms with Crippen molar-refractivity contribution in [3.05, 3.63) is 0 Å². The summed E-state index contributed by atoms with van der Waals surface area (Å²) in [6, 6.07) is 0. The van der Waals surface area contributed by atoms with Gasteiger partial charge in [0.2, 0.25) is 0 Å². The number of esters is 3. The van der Waals surface area contributed by atoms with Crippen LogP contribution in [0.1, 0.15) is 260 Å². The molecule has 10 rings (SSSR count). The van der Waals surface area contributed by atoms with Crippen LogP contribution in [0.3, 0.4) is 0 Å².